The van der Waals surface area contributed by atoms with Gasteiger partial charge < -0.3 is 10.6 Å². The molecular formula is C15H14N2. The van der Waals surface area contributed by atoms with Gasteiger partial charge in [-0.3, -0.25) is 0 Å². The number of nitrogens with zero attached hydrogens (tertiary/aromatic N) is 1. The Bertz CT molecular complexity index is 558. The maximum absolute atomic E-state index is 6.09. The Kier molecular flexibility index (Phi) is 2.33. The maximum atomic E-state index is 6.09. The van der Waals surface area contributed by atoms with Crippen LogP contribution >= 0.6 is 0 Å². The molecule has 0 aromatic heterocycles. The zero-order chi connectivity index (χ0) is 11.7. The molecule has 2 aromatic carbocycles. The monoisotopic (exact) mass is 222 g/mol. The molecule has 0 amide bonds. The molecule has 2 N–H and O–H groups in total. The van der Waals surface area contributed by atoms with E-state index in [0.717, 1.165) is 17.9 Å². The van der Waals surface area contributed by atoms with E-state index < -0.39 is 0 Å². The molecule has 0 unspecified atom stereocenters. The summed E-state index contributed by atoms with van der Waals surface area (Å²) in [6.45, 7) is 0.866. The fourth-order valence-corrected chi connectivity index (χ4v) is 2.24. The summed E-state index contributed by atoms with van der Waals surface area (Å²) < 4.78 is 0. The molecule has 2 heteroatoms. The Hall–Kier alpha value is -2.22. The third-order valence-electron chi connectivity index (χ3n) is 3.02. The average molecular weight is 222 g/mol. The minimum absolute atomic E-state index is 0.829. The van der Waals surface area contributed by atoms with Crippen molar-refractivity contribution < 1.29 is 0 Å². The molecule has 0 saturated carbocycles. The highest BCUT2D eigenvalue weighted by Gasteiger charge is 2.16. The Labute approximate surface area is 101 Å². The number of anilines is 3. The van der Waals surface area contributed by atoms with Crippen LogP contribution in [-0.2, 0) is 0 Å². The van der Waals surface area contributed by atoms with Crippen molar-refractivity contribution in [3.63, 3.8) is 0 Å². The van der Waals surface area contributed by atoms with Crippen LogP contribution in [-0.4, -0.2) is 6.54 Å². The highest BCUT2D eigenvalue weighted by atomic mass is 15.1. The fraction of sp³-hybridized carbons (Fsp3) is 0.0667. The lowest BCUT2D eigenvalue weighted by molar-refractivity contribution is 1.09. The molecular weight excluding hydrogens is 208 g/mol. The lowest BCUT2D eigenvalue weighted by Crippen LogP contribution is -2.21. The van der Waals surface area contributed by atoms with Crippen LogP contribution in [0.2, 0.25) is 0 Å². The molecule has 0 radical (unpaired) electrons. The summed E-state index contributed by atoms with van der Waals surface area (Å²) in [5, 5.41) is 0. The van der Waals surface area contributed by atoms with Crippen molar-refractivity contribution >= 4 is 23.1 Å². The number of para-hydroxylation sites is 2. The second kappa shape index (κ2) is 3.98. The molecule has 0 atom stereocenters. The van der Waals surface area contributed by atoms with E-state index in [-0.39, 0.29) is 0 Å². The summed E-state index contributed by atoms with van der Waals surface area (Å²) >= 11 is 0. The van der Waals surface area contributed by atoms with Gasteiger partial charge in [0.05, 0.1) is 11.4 Å². The Morgan fingerprint density at radius 2 is 1.76 bits per heavy atom. The fourth-order valence-electron chi connectivity index (χ4n) is 2.24. The minimum Gasteiger partial charge on any atom is -0.397 e. The first kappa shape index (κ1) is 9.97. The van der Waals surface area contributed by atoms with Crippen molar-refractivity contribution in [1.29, 1.82) is 0 Å². The van der Waals surface area contributed by atoms with Gasteiger partial charge in [-0.25, -0.2) is 0 Å². The minimum atomic E-state index is 0.829. The van der Waals surface area contributed by atoms with Gasteiger partial charge in [0.15, 0.2) is 0 Å². The van der Waals surface area contributed by atoms with Crippen molar-refractivity contribution in [2.45, 2.75) is 0 Å². The van der Waals surface area contributed by atoms with E-state index in [9.17, 15) is 0 Å². The van der Waals surface area contributed by atoms with Gasteiger partial charge in [-0.1, -0.05) is 42.5 Å². The molecule has 1 aliphatic rings. The first-order valence-corrected chi connectivity index (χ1v) is 5.74. The quantitative estimate of drug-likeness (QED) is 0.749. The normalized spacial score (nSPS) is 13.5. The predicted molar refractivity (Wildman–Crippen MR) is 73.3 cm³/mol. The molecule has 2 aromatic rings. The second-order valence-corrected chi connectivity index (χ2v) is 4.13. The van der Waals surface area contributed by atoms with Crippen LogP contribution in [0.3, 0.4) is 0 Å². The van der Waals surface area contributed by atoms with Gasteiger partial charge in [0.2, 0.25) is 0 Å². The van der Waals surface area contributed by atoms with Crippen LogP contribution in [0.25, 0.3) is 6.08 Å². The molecule has 1 aliphatic heterocycles. The number of rotatable bonds is 1. The largest absolute Gasteiger partial charge is 0.397 e. The molecule has 2 nitrogen and oxygen atoms in total. The molecule has 0 fully saturated rings. The number of nitrogens with two attached hydrogens (primary N) is 1. The van der Waals surface area contributed by atoms with Crippen LogP contribution in [0.4, 0.5) is 17.1 Å². The van der Waals surface area contributed by atoms with Gasteiger partial charge in [-0.15, -0.1) is 0 Å². The van der Waals surface area contributed by atoms with Crippen molar-refractivity contribution in [3.05, 3.63) is 60.2 Å². The predicted octanol–water partition coefficient (Wildman–Crippen LogP) is 3.43. The van der Waals surface area contributed by atoms with Crippen LogP contribution < -0.4 is 10.6 Å². The molecule has 1 heterocycles. The number of benzene rings is 2. The molecule has 0 saturated heterocycles. The zero-order valence-electron chi connectivity index (χ0n) is 9.51. The van der Waals surface area contributed by atoms with E-state index in [1.54, 1.807) is 0 Å². The van der Waals surface area contributed by atoms with E-state index >= 15 is 0 Å². The Morgan fingerprint density at radius 3 is 2.59 bits per heavy atom. The summed E-state index contributed by atoms with van der Waals surface area (Å²) in [4.78, 5) is 2.24. The van der Waals surface area contributed by atoms with Crippen LogP contribution in [0.5, 0.6) is 0 Å². The summed E-state index contributed by atoms with van der Waals surface area (Å²) in [5.74, 6) is 0. The first-order valence-electron chi connectivity index (χ1n) is 5.74. The standard InChI is InChI=1S/C15H14N2/c16-14-10-4-6-12-7-5-11-17(15(12)14)13-8-2-1-3-9-13/h1-10H,11,16H2. The maximum Gasteiger partial charge on any atom is 0.0720 e. The van der Waals surface area contributed by atoms with E-state index in [2.05, 4.69) is 35.3 Å². The van der Waals surface area contributed by atoms with Crippen LogP contribution in [0.15, 0.2) is 54.6 Å². The third-order valence-corrected chi connectivity index (χ3v) is 3.02. The van der Waals surface area contributed by atoms with E-state index in [0.29, 0.717) is 0 Å². The van der Waals surface area contributed by atoms with E-state index in [1.807, 2.05) is 30.3 Å². The SMILES string of the molecule is Nc1cccc2c1N(c1ccccc1)CC=C2. The first-order chi connectivity index (χ1) is 8.36. The van der Waals surface area contributed by atoms with Gasteiger partial charge in [-0.05, 0) is 18.2 Å². The summed E-state index contributed by atoms with van der Waals surface area (Å²) in [6.07, 6.45) is 4.29. The van der Waals surface area contributed by atoms with Gasteiger partial charge in [0, 0.05) is 17.8 Å². The van der Waals surface area contributed by atoms with Crippen molar-refractivity contribution in [2.75, 3.05) is 17.2 Å². The lowest BCUT2D eigenvalue weighted by atomic mass is 10.1. The molecule has 0 bridgehead atoms. The number of hydrogen-bond acceptors (Lipinski definition) is 2. The smallest absolute Gasteiger partial charge is 0.0720 e. The van der Waals surface area contributed by atoms with E-state index in [1.165, 1.54) is 11.3 Å². The zero-order valence-corrected chi connectivity index (χ0v) is 9.51. The molecule has 0 aliphatic carbocycles. The molecule has 17 heavy (non-hydrogen) atoms. The van der Waals surface area contributed by atoms with Gasteiger partial charge in [0.1, 0.15) is 0 Å². The molecule has 3 rings (SSSR count). The van der Waals surface area contributed by atoms with Crippen molar-refractivity contribution in [2.24, 2.45) is 0 Å². The highest BCUT2D eigenvalue weighted by Crippen LogP contribution is 2.36. The lowest BCUT2D eigenvalue weighted by Gasteiger charge is -2.29. The number of nitrogen functional groups attached to an aromatic ring is 1. The Morgan fingerprint density at radius 1 is 0.941 bits per heavy atom. The van der Waals surface area contributed by atoms with Crippen molar-refractivity contribution in [3.8, 4) is 0 Å². The Balaban J connectivity index is 2.14. The van der Waals surface area contributed by atoms with Gasteiger partial charge >= 0.3 is 0 Å². The van der Waals surface area contributed by atoms with Gasteiger partial charge in [0.25, 0.3) is 0 Å². The van der Waals surface area contributed by atoms with Crippen molar-refractivity contribution in [1.82, 2.24) is 0 Å². The molecule has 0 spiro atoms. The number of fused-ring (bicyclic) bond motifs is 1. The van der Waals surface area contributed by atoms with Crippen LogP contribution in [0, 0.1) is 0 Å². The number of hydrogen-bond donors (Lipinski definition) is 1. The highest BCUT2D eigenvalue weighted by molar-refractivity contribution is 5.85. The average Bonchev–Trinajstić information content (AvgIpc) is 2.39. The van der Waals surface area contributed by atoms with E-state index in [4.69, 9.17) is 5.73 Å². The summed E-state index contributed by atoms with van der Waals surface area (Å²) in [6, 6.07) is 16.4. The van der Waals surface area contributed by atoms with Crippen LogP contribution in [0.1, 0.15) is 5.56 Å². The summed E-state index contributed by atoms with van der Waals surface area (Å²) in [7, 11) is 0. The topological polar surface area (TPSA) is 29.3 Å². The van der Waals surface area contributed by atoms with Gasteiger partial charge in [-0.2, -0.15) is 0 Å². The third kappa shape index (κ3) is 1.68. The summed E-state index contributed by atoms with van der Waals surface area (Å²) in [5.41, 5.74) is 10.4. The molecule has 84 valence electrons. The second-order valence-electron chi connectivity index (χ2n) is 4.13.